The first kappa shape index (κ1) is 18.5. The van der Waals surface area contributed by atoms with Crippen molar-refractivity contribution in [3.63, 3.8) is 0 Å². The second kappa shape index (κ2) is 8.87. The molecule has 2 aromatic rings. The topological polar surface area (TPSA) is 60.8 Å². The number of hydrogen-bond donors (Lipinski definition) is 2. The standard InChI is InChI=1S/C20H28N4O2/c1-16(19-9-6-14-26-19)21-20(25)22-18(17-7-4-3-5-8-17)15-24-12-10-23(2)11-13-24/h3-9,14,16,18H,10-13,15H2,1-2H3,(H2,21,22,25). The molecule has 1 aliphatic heterocycles. The normalized spacial score (nSPS) is 18.2. The Morgan fingerprint density at radius 2 is 1.81 bits per heavy atom. The molecule has 3 rings (SSSR count). The molecule has 0 radical (unpaired) electrons. The lowest BCUT2D eigenvalue weighted by molar-refractivity contribution is 0.142. The van der Waals surface area contributed by atoms with E-state index in [9.17, 15) is 4.79 Å². The molecule has 1 aromatic carbocycles. The second-order valence-electron chi connectivity index (χ2n) is 6.92. The lowest BCUT2D eigenvalue weighted by Gasteiger charge is -2.35. The highest BCUT2D eigenvalue weighted by atomic mass is 16.3. The number of nitrogens with one attached hydrogen (secondary N) is 2. The van der Waals surface area contributed by atoms with Crippen molar-refractivity contribution < 1.29 is 9.21 Å². The van der Waals surface area contributed by atoms with E-state index >= 15 is 0 Å². The summed E-state index contributed by atoms with van der Waals surface area (Å²) >= 11 is 0. The smallest absolute Gasteiger partial charge is 0.315 e. The van der Waals surface area contributed by atoms with Gasteiger partial charge in [-0.15, -0.1) is 0 Å². The molecule has 0 bridgehead atoms. The second-order valence-corrected chi connectivity index (χ2v) is 6.92. The SMILES string of the molecule is CC(NC(=O)NC(CN1CCN(C)CC1)c1ccccc1)c1ccco1. The van der Waals surface area contributed by atoms with Crippen molar-refractivity contribution in [3.05, 3.63) is 60.1 Å². The molecule has 140 valence electrons. The van der Waals surface area contributed by atoms with Gasteiger partial charge in [0.1, 0.15) is 5.76 Å². The average molecular weight is 356 g/mol. The van der Waals surface area contributed by atoms with Crippen molar-refractivity contribution in [3.8, 4) is 0 Å². The third-order valence-electron chi connectivity index (χ3n) is 4.86. The van der Waals surface area contributed by atoms with Crippen LogP contribution in [0.25, 0.3) is 0 Å². The Bertz CT molecular complexity index is 666. The van der Waals surface area contributed by atoms with Crippen LogP contribution in [0.1, 0.15) is 30.3 Å². The molecule has 0 saturated carbocycles. The van der Waals surface area contributed by atoms with Gasteiger partial charge in [-0.05, 0) is 31.7 Å². The molecule has 2 unspecified atom stereocenters. The molecular weight excluding hydrogens is 328 g/mol. The van der Waals surface area contributed by atoms with Crippen molar-refractivity contribution in [1.82, 2.24) is 20.4 Å². The Balaban J connectivity index is 1.62. The van der Waals surface area contributed by atoms with Crippen molar-refractivity contribution in [1.29, 1.82) is 0 Å². The number of piperazine rings is 1. The first-order valence-electron chi connectivity index (χ1n) is 9.18. The first-order valence-corrected chi connectivity index (χ1v) is 9.18. The van der Waals surface area contributed by atoms with Gasteiger partial charge >= 0.3 is 6.03 Å². The summed E-state index contributed by atoms with van der Waals surface area (Å²) in [6.07, 6.45) is 1.62. The molecule has 2 heterocycles. The average Bonchev–Trinajstić information content (AvgIpc) is 3.18. The van der Waals surface area contributed by atoms with Gasteiger partial charge in [-0.2, -0.15) is 0 Å². The van der Waals surface area contributed by atoms with Crippen LogP contribution < -0.4 is 10.6 Å². The van der Waals surface area contributed by atoms with Crippen LogP contribution in [-0.4, -0.2) is 55.6 Å². The molecule has 0 spiro atoms. The van der Waals surface area contributed by atoms with Gasteiger partial charge in [0.15, 0.2) is 0 Å². The molecule has 6 nitrogen and oxygen atoms in total. The van der Waals surface area contributed by atoms with Gasteiger partial charge in [0.25, 0.3) is 0 Å². The summed E-state index contributed by atoms with van der Waals surface area (Å²) in [5.74, 6) is 0.746. The molecule has 2 amide bonds. The molecule has 2 atom stereocenters. The molecule has 1 aliphatic rings. The number of carbonyl (C=O) groups excluding carboxylic acids is 1. The van der Waals surface area contributed by atoms with E-state index in [2.05, 4.69) is 39.6 Å². The van der Waals surface area contributed by atoms with Gasteiger partial charge in [0.2, 0.25) is 0 Å². The van der Waals surface area contributed by atoms with Crippen LogP contribution in [0.2, 0.25) is 0 Å². The van der Waals surface area contributed by atoms with Crippen LogP contribution in [0.4, 0.5) is 4.79 Å². The minimum atomic E-state index is -0.183. The highest BCUT2D eigenvalue weighted by molar-refractivity contribution is 5.74. The number of rotatable bonds is 6. The van der Waals surface area contributed by atoms with E-state index in [1.54, 1.807) is 6.26 Å². The Hall–Kier alpha value is -2.31. The zero-order valence-electron chi connectivity index (χ0n) is 15.5. The molecule has 2 N–H and O–H groups in total. The molecule has 1 aromatic heterocycles. The Labute approximate surface area is 155 Å². The maximum Gasteiger partial charge on any atom is 0.315 e. The fourth-order valence-corrected chi connectivity index (χ4v) is 3.21. The molecule has 1 saturated heterocycles. The van der Waals surface area contributed by atoms with E-state index < -0.39 is 0 Å². The van der Waals surface area contributed by atoms with E-state index in [4.69, 9.17) is 4.42 Å². The Morgan fingerprint density at radius 3 is 2.46 bits per heavy atom. The van der Waals surface area contributed by atoms with Crippen LogP contribution in [0, 0.1) is 0 Å². The van der Waals surface area contributed by atoms with Gasteiger partial charge < -0.3 is 20.0 Å². The third-order valence-corrected chi connectivity index (χ3v) is 4.86. The molecule has 6 heteroatoms. The summed E-state index contributed by atoms with van der Waals surface area (Å²) in [5.41, 5.74) is 1.12. The van der Waals surface area contributed by atoms with Crippen LogP contribution in [0.5, 0.6) is 0 Å². The Kier molecular flexibility index (Phi) is 6.30. The minimum absolute atomic E-state index is 0.0524. The van der Waals surface area contributed by atoms with Crippen molar-refractivity contribution in [2.75, 3.05) is 39.8 Å². The zero-order valence-corrected chi connectivity index (χ0v) is 15.5. The predicted molar refractivity (Wildman–Crippen MR) is 102 cm³/mol. The summed E-state index contributed by atoms with van der Waals surface area (Å²) in [7, 11) is 2.15. The number of urea groups is 1. The summed E-state index contributed by atoms with van der Waals surface area (Å²) in [5, 5.41) is 6.09. The van der Waals surface area contributed by atoms with Crippen LogP contribution >= 0.6 is 0 Å². The quantitative estimate of drug-likeness (QED) is 0.835. The summed E-state index contributed by atoms with van der Waals surface area (Å²) in [4.78, 5) is 17.3. The largest absolute Gasteiger partial charge is 0.467 e. The lowest BCUT2D eigenvalue weighted by atomic mass is 10.1. The van der Waals surface area contributed by atoms with Crippen LogP contribution in [0.15, 0.2) is 53.1 Å². The zero-order chi connectivity index (χ0) is 18.4. The van der Waals surface area contributed by atoms with Crippen molar-refractivity contribution >= 4 is 6.03 Å². The fraction of sp³-hybridized carbons (Fsp3) is 0.450. The summed E-state index contributed by atoms with van der Waals surface area (Å²) in [6, 6.07) is 13.4. The number of likely N-dealkylation sites (N-methyl/N-ethyl adjacent to an activating group) is 1. The van der Waals surface area contributed by atoms with E-state index in [0.29, 0.717) is 0 Å². The Morgan fingerprint density at radius 1 is 1.08 bits per heavy atom. The van der Waals surface area contributed by atoms with E-state index in [-0.39, 0.29) is 18.1 Å². The minimum Gasteiger partial charge on any atom is -0.467 e. The maximum atomic E-state index is 12.5. The number of amides is 2. The fourth-order valence-electron chi connectivity index (χ4n) is 3.21. The van der Waals surface area contributed by atoms with Gasteiger partial charge in [-0.1, -0.05) is 30.3 Å². The van der Waals surface area contributed by atoms with Gasteiger partial charge in [-0.25, -0.2) is 4.79 Å². The van der Waals surface area contributed by atoms with Crippen LogP contribution in [0.3, 0.4) is 0 Å². The highest BCUT2D eigenvalue weighted by Crippen LogP contribution is 2.16. The van der Waals surface area contributed by atoms with Crippen molar-refractivity contribution in [2.45, 2.75) is 19.0 Å². The van der Waals surface area contributed by atoms with Crippen LogP contribution in [-0.2, 0) is 0 Å². The highest BCUT2D eigenvalue weighted by Gasteiger charge is 2.22. The first-order chi connectivity index (χ1) is 12.6. The molecule has 0 aliphatic carbocycles. The lowest BCUT2D eigenvalue weighted by Crippen LogP contribution is -2.49. The van der Waals surface area contributed by atoms with E-state index in [0.717, 1.165) is 44.0 Å². The van der Waals surface area contributed by atoms with E-state index in [1.807, 2.05) is 37.3 Å². The molecule has 1 fully saturated rings. The number of benzene rings is 1. The number of hydrogen-bond acceptors (Lipinski definition) is 4. The van der Waals surface area contributed by atoms with Crippen molar-refractivity contribution in [2.24, 2.45) is 0 Å². The molecular formula is C20H28N4O2. The number of carbonyl (C=O) groups is 1. The predicted octanol–water partition coefficient (Wildman–Crippen LogP) is 2.63. The monoisotopic (exact) mass is 356 g/mol. The number of nitrogens with zero attached hydrogens (tertiary/aromatic N) is 2. The van der Waals surface area contributed by atoms with Gasteiger partial charge in [0.05, 0.1) is 18.3 Å². The molecule has 26 heavy (non-hydrogen) atoms. The third kappa shape index (κ3) is 5.09. The van der Waals surface area contributed by atoms with Gasteiger partial charge in [0, 0.05) is 32.7 Å². The van der Waals surface area contributed by atoms with Gasteiger partial charge in [-0.3, -0.25) is 4.90 Å². The number of furan rings is 1. The maximum absolute atomic E-state index is 12.5. The van der Waals surface area contributed by atoms with E-state index in [1.165, 1.54) is 0 Å². The summed E-state index contributed by atoms with van der Waals surface area (Å²) < 4.78 is 5.36. The summed E-state index contributed by atoms with van der Waals surface area (Å²) in [6.45, 7) is 6.88.